The molecule has 3 N–H and O–H groups in total. The molecular weight excluding hydrogens is 451 g/mol. The molecule has 0 spiro atoms. The molecule has 0 aliphatic heterocycles. The summed E-state index contributed by atoms with van der Waals surface area (Å²) in [5.74, 6) is 0.0251. The number of imidazole rings is 1. The minimum absolute atomic E-state index is 0.277. The third-order valence-corrected chi connectivity index (χ3v) is 6.47. The summed E-state index contributed by atoms with van der Waals surface area (Å²) < 4.78 is 15.9. The van der Waals surface area contributed by atoms with Gasteiger partial charge in [-0.15, -0.1) is 11.3 Å². The summed E-state index contributed by atoms with van der Waals surface area (Å²) in [5.41, 5.74) is 4.99. The Morgan fingerprint density at radius 3 is 2.91 bits per heavy atom. The molecule has 0 fully saturated rings. The molecule has 0 aliphatic carbocycles. The molecule has 10 heteroatoms. The summed E-state index contributed by atoms with van der Waals surface area (Å²) in [5, 5.41) is 12.7. The second kappa shape index (κ2) is 8.40. The Kier molecular flexibility index (Phi) is 5.08. The van der Waals surface area contributed by atoms with Crippen molar-refractivity contribution in [2.24, 2.45) is 0 Å². The van der Waals surface area contributed by atoms with E-state index in [4.69, 9.17) is 4.98 Å². The van der Waals surface area contributed by atoms with Crippen LogP contribution in [0.3, 0.4) is 0 Å². The first kappa shape index (κ1) is 20.6. The molecule has 0 bridgehead atoms. The number of H-pyrrole nitrogens is 2. The van der Waals surface area contributed by atoms with Crippen molar-refractivity contribution in [1.29, 1.82) is 0 Å². The monoisotopic (exact) mass is 470 g/mol. The van der Waals surface area contributed by atoms with Gasteiger partial charge in [-0.3, -0.25) is 15.1 Å². The molecule has 6 aromatic rings. The number of thiophene rings is 1. The molecule has 0 amide bonds. The number of aromatic amines is 2. The Labute approximate surface area is 197 Å². The third-order valence-electron chi connectivity index (χ3n) is 5.59. The molecule has 0 unspecified atom stereocenters. The van der Waals surface area contributed by atoms with Gasteiger partial charge < -0.3 is 10.3 Å². The van der Waals surface area contributed by atoms with Crippen LogP contribution in [0.2, 0.25) is 0 Å². The van der Waals surface area contributed by atoms with Crippen molar-refractivity contribution >= 4 is 33.4 Å². The summed E-state index contributed by atoms with van der Waals surface area (Å²) in [6, 6.07) is 7.74. The number of hydrogen-bond donors (Lipinski definition) is 3. The van der Waals surface area contributed by atoms with E-state index in [0.717, 1.165) is 28.2 Å². The smallest absolute Gasteiger partial charge is 0.159 e. The van der Waals surface area contributed by atoms with Crippen LogP contribution in [0.25, 0.3) is 55.3 Å². The second-order valence-corrected chi connectivity index (χ2v) is 8.71. The van der Waals surface area contributed by atoms with E-state index >= 15 is 4.39 Å². The average molecular weight is 471 g/mol. The van der Waals surface area contributed by atoms with Crippen molar-refractivity contribution in [3.05, 3.63) is 65.8 Å². The van der Waals surface area contributed by atoms with E-state index in [-0.39, 0.29) is 5.39 Å². The maximum Gasteiger partial charge on any atom is 0.159 e. The van der Waals surface area contributed by atoms with Crippen molar-refractivity contribution in [3.63, 3.8) is 0 Å². The van der Waals surface area contributed by atoms with Gasteiger partial charge in [-0.2, -0.15) is 5.10 Å². The van der Waals surface area contributed by atoms with Crippen LogP contribution in [0.5, 0.6) is 0 Å². The maximum absolute atomic E-state index is 15.9. The minimum atomic E-state index is -0.423. The fourth-order valence-electron chi connectivity index (χ4n) is 3.97. The van der Waals surface area contributed by atoms with Crippen LogP contribution < -0.4 is 5.32 Å². The fourth-order valence-corrected chi connectivity index (χ4v) is 4.69. The van der Waals surface area contributed by atoms with Gasteiger partial charge in [0.25, 0.3) is 0 Å². The molecule has 0 radical (unpaired) electrons. The van der Waals surface area contributed by atoms with E-state index in [1.54, 1.807) is 29.9 Å². The van der Waals surface area contributed by atoms with E-state index in [0.29, 0.717) is 40.4 Å². The zero-order chi connectivity index (χ0) is 23.1. The lowest BCUT2D eigenvalue weighted by molar-refractivity contribution is 0.642. The van der Waals surface area contributed by atoms with Gasteiger partial charge in [0.1, 0.15) is 22.7 Å². The summed E-state index contributed by atoms with van der Waals surface area (Å²) in [6.45, 7) is 3.53. The summed E-state index contributed by atoms with van der Waals surface area (Å²) in [4.78, 5) is 22.2. The zero-order valence-electron chi connectivity index (χ0n) is 18.1. The summed E-state index contributed by atoms with van der Waals surface area (Å²) in [7, 11) is 0. The Balaban J connectivity index is 1.48. The van der Waals surface area contributed by atoms with Crippen LogP contribution in [-0.2, 0) is 6.54 Å². The van der Waals surface area contributed by atoms with Crippen LogP contribution in [0, 0.1) is 5.82 Å². The summed E-state index contributed by atoms with van der Waals surface area (Å²) in [6.07, 6.45) is 6.65. The predicted molar refractivity (Wildman–Crippen MR) is 131 cm³/mol. The molecule has 6 aromatic heterocycles. The van der Waals surface area contributed by atoms with Gasteiger partial charge in [0.05, 0.1) is 15.8 Å². The molecule has 0 atom stereocenters. The Hall–Kier alpha value is -4.02. The highest BCUT2D eigenvalue weighted by atomic mass is 32.1. The zero-order valence-corrected chi connectivity index (χ0v) is 18.9. The maximum atomic E-state index is 15.9. The van der Waals surface area contributed by atoms with Crippen LogP contribution >= 0.6 is 11.3 Å². The first-order valence-corrected chi connectivity index (χ1v) is 11.7. The second-order valence-electron chi connectivity index (χ2n) is 7.76. The number of rotatable bonds is 6. The van der Waals surface area contributed by atoms with Gasteiger partial charge in [0.15, 0.2) is 11.5 Å². The highest BCUT2D eigenvalue weighted by Crippen LogP contribution is 2.34. The van der Waals surface area contributed by atoms with Gasteiger partial charge in [0.2, 0.25) is 0 Å². The topological polar surface area (TPSA) is 108 Å². The van der Waals surface area contributed by atoms with Gasteiger partial charge in [0, 0.05) is 42.5 Å². The van der Waals surface area contributed by atoms with Crippen molar-refractivity contribution in [2.75, 3.05) is 6.54 Å². The third kappa shape index (κ3) is 3.44. The van der Waals surface area contributed by atoms with E-state index in [2.05, 4.69) is 35.5 Å². The highest BCUT2D eigenvalue weighted by molar-refractivity contribution is 7.13. The molecule has 0 aliphatic rings. The number of fused-ring (bicyclic) bond motifs is 2. The fraction of sp³-hybridized carbons (Fsp3) is 0.125. The Bertz CT molecular complexity index is 1620. The van der Waals surface area contributed by atoms with Crippen LogP contribution in [0.15, 0.2) is 54.4 Å². The molecule has 6 rings (SSSR count). The number of nitrogens with zero attached hydrogens (tertiary/aromatic N) is 5. The normalized spacial score (nSPS) is 11.6. The van der Waals surface area contributed by atoms with Gasteiger partial charge in [-0.25, -0.2) is 14.4 Å². The molecule has 34 heavy (non-hydrogen) atoms. The Morgan fingerprint density at radius 1 is 1.12 bits per heavy atom. The SMILES string of the molecule is CCNCc1cncc(-c2cnc3[nH]nc(-c4nc5c(-c6cccs6)nccc5[nH]4)c3c2F)c1. The summed E-state index contributed by atoms with van der Waals surface area (Å²) >= 11 is 1.59. The first-order chi connectivity index (χ1) is 16.7. The highest BCUT2D eigenvalue weighted by Gasteiger charge is 2.21. The Morgan fingerprint density at radius 2 is 2.06 bits per heavy atom. The molecule has 0 saturated heterocycles. The molecule has 6 heterocycles. The van der Waals surface area contributed by atoms with E-state index in [1.807, 2.05) is 36.6 Å². The molecular formula is C24H19FN8S. The molecule has 8 nitrogen and oxygen atoms in total. The van der Waals surface area contributed by atoms with Crippen LogP contribution in [0.4, 0.5) is 4.39 Å². The van der Waals surface area contributed by atoms with Gasteiger partial charge >= 0.3 is 0 Å². The lowest BCUT2D eigenvalue weighted by Gasteiger charge is -2.07. The lowest BCUT2D eigenvalue weighted by atomic mass is 10.1. The molecule has 168 valence electrons. The van der Waals surface area contributed by atoms with Gasteiger partial charge in [-0.1, -0.05) is 13.0 Å². The quantitative estimate of drug-likeness (QED) is 0.318. The van der Waals surface area contributed by atoms with E-state index in [9.17, 15) is 0 Å². The van der Waals surface area contributed by atoms with Crippen molar-refractivity contribution in [1.82, 2.24) is 40.4 Å². The van der Waals surface area contributed by atoms with Crippen LogP contribution in [0.1, 0.15) is 12.5 Å². The van der Waals surface area contributed by atoms with E-state index in [1.165, 1.54) is 6.20 Å². The van der Waals surface area contributed by atoms with Crippen LogP contribution in [-0.4, -0.2) is 41.7 Å². The first-order valence-electron chi connectivity index (χ1n) is 10.8. The minimum Gasteiger partial charge on any atom is -0.336 e. The van der Waals surface area contributed by atoms with Crippen molar-refractivity contribution in [3.8, 4) is 33.2 Å². The molecule has 0 saturated carbocycles. The average Bonchev–Trinajstić information content (AvgIpc) is 3.62. The standard InChI is InChI=1S/C24H19FN8S/c1-2-26-9-13-8-14(11-27-10-13)15-12-29-23-18(19(15)25)22(32-33-23)24-30-16-5-6-28-21(20(16)31-24)17-4-3-7-34-17/h3-8,10-12,26H,2,9H2,1H3,(H,30,31)(H,29,32,33). The van der Waals surface area contributed by atoms with E-state index < -0.39 is 5.82 Å². The number of halogens is 1. The largest absolute Gasteiger partial charge is 0.336 e. The van der Waals surface area contributed by atoms with Gasteiger partial charge in [-0.05, 0) is 35.7 Å². The lowest BCUT2D eigenvalue weighted by Crippen LogP contribution is -2.11. The number of aromatic nitrogens is 7. The van der Waals surface area contributed by atoms with Crippen molar-refractivity contribution < 1.29 is 4.39 Å². The predicted octanol–water partition coefficient (Wildman–Crippen LogP) is 4.94. The molecule has 0 aromatic carbocycles. The number of nitrogens with one attached hydrogen (secondary N) is 3. The van der Waals surface area contributed by atoms with Crippen molar-refractivity contribution in [2.45, 2.75) is 13.5 Å². The number of pyridine rings is 3. The number of hydrogen-bond acceptors (Lipinski definition) is 7.